The third-order valence-electron chi connectivity index (χ3n) is 3.72. The molecule has 0 fully saturated rings. The van der Waals surface area contributed by atoms with Crippen LogP contribution < -0.4 is 10.1 Å². The van der Waals surface area contributed by atoms with Crippen LogP contribution in [0.3, 0.4) is 0 Å². The molecule has 0 aliphatic carbocycles. The van der Waals surface area contributed by atoms with Gasteiger partial charge < -0.3 is 15.0 Å². The molecule has 0 aliphatic rings. The van der Waals surface area contributed by atoms with Crippen LogP contribution in [0.15, 0.2) is 48.5 Å². The predicted octanol–water partition coefficient (Wildman–Crippen LogP) is 2.70. The fourth-order valence-corrected chi connectivity index (χ4v) is 2.42. The van der Waals surface area contributed by atoms with Gasteiger partial charge in [-0.15, -0.1) is 0 Å². The van der Waals surface area contributed by atoms with E-state index in [-0.39, 0.29) is 5.91 Å². The summed E-state index contributed by atoms with van der Waals surface area (Å²) in [6, 6.07) is 16.8. The topological polar surface area (TPSA) is 65.4 Å². The number of carbonyl (C=O) groups is 1. The van der Waals surface area contributed by atoms with Crippen molar-refractivity contribution in [3.8, 4) is 11.8 Å². The van der Waals surface area contributed by atoms with Crippen molar-refractivity contribution in [3.05, 3.63) is 65.2 Å². The first-order valence-corrected chi connectivity index (χ1v) is 8.15. The standard InChI is InChI=1S/C20H23N3O2/c1-15(25-19-10-8-16(12-21)9-11-19)20(24)22-13-17-6-4-5-7-18(17)14-23(2)3/h4-11,15H,13-14H2,1-3H3,(H,22,24)/t15-/m1/s1. The maximum absolute atomic E-state index is 12.3. The van der Waals surface area contributed by atoms with Crippen LogP contribution in [0.1, 0.15) is 23.6 Å². The van der Waals surface area contributed by atoms with Crippen molar-refractivity contribution in [1.82, 2.24) is 10.2 Å². The zero-order valence-electron chi connectivity index (χ0n) is 14.8. The van der Waals surface area contributed by atoms with Crippen LogP contribution in [-0.4, -0.2) is 31.0 Å². The summed E-state index contributed by atoms with van der Waals surface area (Å²) in [5.41, 5.74) is 2.84. The number of nitrogens with one attached hydrogen (secondary N) is 1. The van der Waals surface area contributed by atoms with E-state index in [1.807, 2.05) is 38.4 Å². The Morgan fingerprint density at radius 2 is 1.80 bits per heavy atom. The molecule has 5 heteroatoms. The number of nitriles is 1. The molecule has 0 aliphatic heterocycles. The largest absolute Gasteiger partial charge is 0.481 e. The number of benzene rings is 2. The number of rotatable bonds is 7. The summed E-state index contributed by atoms with van der Waals surface area (Å²) in [7, 11) is 4.03. The van der Waals surface area contributed by atoms with Crippen molar-refractivity contribution in [2.24, 2.45) is 0 Å². The van der Waals surface area contributed by atoms with Gasteiger partial charge in [-0.05, 0) is 56.4 Å². The third kappa shape index (κ3) is 5.63. The van der Waals surface area contributed by atoms with Gasteiger partial charge in [0, 0.05) is 13.1 Å². The van der Waals surface area contributed by atoms with Crippen LogP contribution in [0.5, 0.6) is 5.75 Å². The van der Waals surface area contributed by atoms with Crippen molar-refractivity contribution in [1.29, 1.82) is 5.26 Å². The van der Waals surface area contributed by atoms with Gasteiger partial charge in [0.15, 0.2) is 6.10 Å². The molecule has 2 rings (SSSR count). The van der Waals surface area contributed by atoms with E-state index in [4.69, 9.17) is 10.00 Å². The van der Waals surface area contributed by atoms with Crippen LogP contribution >= 0.6 is 0 Å². The molecule has 0 saturated carbocycles. The van der Waals surface area contributed by atoms with E-state index in [0.29, 0.717) is 17.9 Å². The molecule has 0 spiro atoms. The fourth-order valence-electron chi connectivity index (χ4n) is 2.42. The highest BCUT2D eigenvalue weighted by Crippen LogP contribution is 2.14. The summed E-state index contributed by atoms with van der Waals surface area (Å²) in [6.07, 6.45) is -0.617. The second-order valence-electron chi connectivity index (χ2n) is 6.12. The van der Waals surface area contributed by atoms with Gasteiger partial charge in [-0.2, -0.15) is 5.26 Å². The van der Waals surface area contributed by atoms with Crippen molar-refractivity contribution in [2.75, 3.05) is 14.1 Å². The number of amides is 1. The quantitative estimate of drug-likeness (QED) is 0.844. The highest BCUT2D eigenvalue weighted by atomic mass is 16.5. The maximum Gasteiger partial charge on any atom is 0.261 e. The van der Waals surface area contributed by atoms with Crippen molar-refractivity contribution in [3.63, 3.8) is 0 Å². The zero-order valence-corrected chi connectivity index (χ0v) is 14.8. The lowest BCUT2D eigenvalue weighted by Gasteiger charge is -2.17. The number of carbonyl (C=O) groups excluding carboxylic acids is 1. The fraction of sp³-hybridized carbons (Fsp3) is 0.300. The molecule has 1 N–H and O–H groups in total. The minimum atomic E-state index is -0.617. The molecule has 1 atom stereocenters. The van der Waals surface area contributed by atoms with Gasteiger partial charge in [-0.25, -0.2) is 0 Å². The minimum Gasteiger partial charge on any atom is -0.481 e. The van der Waals surface area contributed by atoms with E-state index >= 15 is 0 Å². The van der Waals surface area contributed by atoms with Crippen LogP contribution in [0.4, 0.5) is 0 Å². The van der Waals surface area contributed by atoms with Gasteiger partial charge in [-0.1, -0.05) is 24.3 Å². The first-order chi connectivity index (χ1) is 12.0. The van der Waals surface area contributed by atoms with Crippen molar-refractivity contribution in [2.45, 2.75) is 26.1 Å². The Hall–Kier alpha value is -2.84. The Morgan fingerprint density at radius 1 is 1.16 bits per heavy atom. The molecule has 0 radical (unpaired) electrons. The second kappa shape index (κ2) is 8.86. The summed E-state index contributed by atoms with van der Waals surface area (Å²) in [4.78, 5) is 14.4. The van der Waals surface area contributed by atoms with Crippen LogP contribution in [-0.2, 0) is 17.9 Å². The van der Waals surface area contributed by atoms with E-state index in [1.165, 1.54) is 5.56 Å². The monoisotopic (exact) mass is 337 g/mol. The summed E-state index contributed by atoms with van der Waals surface area (Å²) < 4.78 is 5.63. The van der Waals surface area contributed by atoms with Crippen molar-refractivity contribution >= 4 is 5.91 Å². The summed E-state index contributed by atoms with van der Waals surface area (Å²) >= 11 is 0. The predicted molar refractivity (Wildman–Crippen MR) is 96.9 cm³/mol. The lowest BCUT2D eigenvalue weighted by Crippen LogP contribution is -2.36. The molecule has 0 bridgehead atoms. The third-order valence-corrected chi connectivity index (χ3v) is 3.72. The first kappa shape index (κ1) is 18.5. The Morgan fingerprint density at radius 3 is 2.40 bits per heavy atom. The lowest BCUT2D eigenvalue weighted by molar-refractivity contribution is -0.127. The van der Waals surface area contributed by atoms with E-state index in [2.05, 4.69) is 16.3 Å². The van der Waals surface area contributed by atoms with E-state index < -0.39 is 6.10 Å². The number of hydrogen-bond donors (Lipinski definition) is 1. The lowest BCUT2D eigenvalue weighted by atomic mass is 10.1. The SMILES string of the molecule is C[C@@H](Oc1ccc(C#N)cc1)C(=O)NCc1ccccc1CN(C)C. The van der Waals surface area contributed by atoms with Gasteiger partial charge >= 0.3 is 0 Å². The normalized spacial score (nSPS) is 11.6. The average Bonchev–Trinajstić information content (AvgIpc) is 2.60. The van der Waals surface area contributed by atoms with E-state index in [9.17, 15) is 4.79 Å². The molecule has 2 aromatic carbocycles. The molecule has 5 nitrogen and oxygen atoms in total. The highest BCUT2D eigenvalue weighted by Gasteiger charge is 2.15. The molecule has 0 saturated heterocycles. The molecular weight excluding hydrogens is 314 g/mol. The molecule has 2 aromatic rings. The maximum atomic E-state index is 12.3. The Balaban J connectivity index is 1.92. The molecule has 1 amide bonds. The van der Waals surface area contributed by atoms with E-state index in [1.54, 1.807) is 31.2 Å². The van der Waals surface area contributed by atoms with Gasteiger partial charge in [-0.3, -0.25) is 4.79 Å². The molecule has 0 heterocycles. The molecular formula is C20H23N3O2. The van der Waals surface area contributed by atoms with Crippen LogP contribution in [0.2, 0.25) is 0 Å². The Labute approximate surface area is 148 Å². The van der Waals surface area contributed by atoms with E-state index in [0.717, 1.165) is 12.1 Å². The molecule has 0 unspecified atom stereocenters. The van der Waals surface area contributed by atoms with Gasteiger partial charge in [0.25, 0.3) is 5.91 Å². The first-order valence-electron chi connectivity index (χ1n) is 8.15. The molecule has 0 aromatic heterocycles. The number of hydrogen-bond acceptors (Lipinski definition) is 4. The Kier molecular flexibility index (Phi) is 6.55. The molecule has 130 valence electrons. The molecule has 25 heavy (non-hydrogen) atoms. The number of nitrogens with zero attached hydrogens (tertiary/aromatic N) is 2. The van der Waals surface area contributed by atoms with Gasteiger partial charge in [0.1, 0.15) is 5.75 Å². The zero-order chi connectivity index (χ0) is 18.2. The van der Waals surface area contributed by atoms with Crippen molar-refractivity contribution < 1.29 is 9.53 Å². The van der Waals surface area contributed by atoms with Gasteiger partial charge in [0.2, 0.25) is 0 Å². The highest BCUT2D eigenvalue weighted by molar-refractivity contribution is 5.80. The smallest absolute Gasteiger partial charge is 0.261 e. The van der Waals surface area contributed by atoms with Crippen LogP contribution in [0.25, 0.3) is 0 Å². The van der Waals surface area contributed by atoms with Crippen LogP contribution in [0, 0.1) is 11.3 Å². The Bertz CT molecular complexity index is 748. The summed E-state index contributed by atoms with van der Waals surface area (Å²) in [5.74, 6) is 0.388. The minimum absolute atomic E-state index is 0.177. The van der Waals surface area contributed by atoms with Gasteiger partial charge in [0.05, 0.1) is 11.6 Å². The summed E-state index contributed by atoms with van der Waals surface area (Å²) in [6.45, 7) is 2.99. The second-order valence-corrected chi connectivity index (χ2v) is 6.12. The number of ether oxygens (including phenoxy) is 1. The summed E-state index contributed by atoms with van der Waals surface area (Å²) in [5, 5.41) is 11.7. The average molecular weight is 337 g/mol.